The second-order valence-electron chi connectivity index (χ2n) is 3.90. The quantitative estimate of drug-likeness (QED) is 0.518. The van der Waals surface area contributed by atoms with Crippen molar-refractivity contribution in [2.75, 3.05) is 12.8 Å². The minimum Gasteiger partial charge on any atom is -0.495 e. The van der Waals surface area contributed by atoms with Crippen LogP contribution in [0.3, 0.4) is 0 Å². The number of carboxylic acids is 1. The van der Waals surface area contributed by atoms with Crippen molar-refractivity contribution in [3.8, 4) is 5.75 Å². The zero-order chi connectivity index (χ0) is 14.7. The van der Waals surface area contributed by atoms with Crippen molar-refractivity contribution in [2.24, 2.45) is 5.73 Å². The molecule has 0 heterocycles. The third kappa shape index (κ3) is 2.97. The maximum Gasteiger partial charge on any atom is 0.320 e. The standard InChI is InChI=1S/C10H11F2N2O3.CH3.Al/c1-17-7-3-5(13)4(8(11)9(7)12)2-6(14)10(15)16;;/h6H,2,13-14H2,1H3,(H,15,16);1H3;. The summed E-state index contributed by atoms with van der Waals surface area (Å²) in [5.41, 5.74) is 10.9. The van der Waals surface area contributed by atoms with Crippen LogP contribution in [0.25, 0.3) is 0 Å². The smallest absolute Gasteiger partial charge is 0.320 e. The van der Waals surface area contributed by atoms with Gasteiger partial charge >= 0.3 is 5.97 Å². The van der Waals surface area contributed by atoms with E-state index in [1.165, 1.54) is 7.11 Å². The first-order chi connectivity index (χ1) is 8.84. The summed E-state index contributed by atoms with van der Waals surface area (Å²) in [6.07, 6.45) is -0.375. The van der Waals surface area contributed by atoms with Gasteiger partial charge in [0.25, 0.3) is 15.2 Å². The van der Waals surface area contributed by atoms with Crippen LogP contribution in [0, 0.1) is 11.6 Å². The van der Waals surface area contributed by atoms with E-state index < -0.39 is 38.9 Å². The number of halogens is 2. The van der Waals surface area contributed by atoms with Gasteiger partial charge in [-0.05, 0) is 0 Å². The zero-order valence-corrected chi connectivity index (χ0v) is 11.7. The van der Waals surface area contributed by atoms with Gasteiger partial charge in [0.05, 0.1) is 7.11 Å². The van der Waals surface area contributed by atoms with E-state index in [4.69, 9.17) is 21.3 Å². The number of nitrogen functional groups attached to an aromatic ring is 1. The number of carbonyl (C=O) groups is 1. The third-order valence-corrected chi connectivity index (χ3v) is 3.90. The molecule has 0 saturated carbocycles. The number of ether oxygens (including phenoxy) is 1. The highest BCUT2D eigenvalue weighted by Gasteiger charge is 2.25. The molecule has 0 fully saturated rings. The van der Waals surface area contributed by atoms with Crippen LogP contribution in [0.1, 0.15) is 5.56 Å². The number of methoxy groups -OCH3 is 1. The van der Waals surface area contributed by atoms with Crippen molar-refractivity contribution in [3.63, 3.8) is 0 Å². The normalized spacial score (nSPS) is 12.1. The molecule has 1 aromatic rings. The Balaban J connectivity index is 3.40. The Morgan fingerprint density at radius 1 is 1.47 bits per heavy atom. The first-order valence-corrected chi connectivity index (χ1v) is 7.19. The third-order valence-electron chi connectivity index (χ3n) is 2.75. The average molecular weight is 287 g/mol. The highest BCUT2D eigenvalue weighted by molar-refractivity contribution is 6.55. The summed E-state index contributed by atoms with van der Waals surface area (Å²) < 4.78 is 32.9. The van der Waals surface area contributed by atoms with Crippen molar-refractivity contribution in [1.82, 2.24) is 0 Å². The number of rotatable bonds is 5. The number of benzene rings is 1. The SMILES string of the molecule is COc1c(F)c(F)c(CC(N)C(=O)O)c(N)[c]1[Al][CH3]. The number of aliphatic carboxylic acids is 1. The average Bonchev–Trinajstić information content (AvgIpc) is 2.37. The lowest BCUT2D eigenvalue weighted by Crippen LogP contribution is -2.34. The molecule has 8 heteroatoms. The van der Waals surface area contributed by atoms with Crippen molar-refractivity contribution >= 4 is 31.3 Å². The number of carboxylic acid groups (broad SMARTS) is 1. The molecule has 0 spiro atoms. The molecule has 0 aliphatic carbocycles. The van der Waals surface area contributed by atoms with E-state index in [1.54, 1.807) is 5.79 Å². The summed E-state index contributed by atoms with van der Waals surface area (Å²) >= 11 is -0.432. The molecule has 5 N–H and O–H groups in total. The van der Waals surface area contributed by atoms with E-state index in [0.29, 0.717) is 4.43 Å². The van der Waals surface area contributed by atoms with Gasteiger partial charge in [0, 0.05) is 17.7 Å². The summed E-state index contributed by atoms with van der Waals surface area (Å²) in [4.78, 5) is 10.7. The lowest BCUT2D eigenvalue weighted by Gasteiger charge is -2.18. The highest BCUT2D eigenvalue weighted by Crippen LogP contribution is 2.26. The van der Waals surface area contributed by atoms with Crippen LogP contribution in [0.2, 0.25) is 5.79 Å². The van der Waals surface area contributed by atoms with Gasteiger partial charge in [0.2, 0.25) is 0 Å². The maximum atomic E-state index is 13.9. The Morgan fingerprint density at radius 2 is 2.05 bits per heavy atom. The van der Waals surface area contributed by atoms with Gasteiger partial charge in [-0.15, -0.1) is 5.79 Å². The molecule has 0 amide bonds. The monoisotopic (exact) mass is 287 g/mol. The largest absolute Gasteiger partial charge is 0.495 e. The molecule has 0 saturated heterocycles. The summed E-state index contributed by atoms with van der Waals surface area (Å²) in [7, 11) is 1.22. The summed E-state index contributed by atoms with van der Waals surface area (Å²) in [5.74, 6) is -2.11. The molecule has 1 unspecified atom stereocenters. The second kappa shape index (κ2) is 6.19. The first-order valence-electron chi connectivity index (χ1n) is 5.46. The minimum atomic E-state index is -1.34. The molecule has 1 rings (SSSR count). The second-order valence-corrected chi connectivity index (χ2v) is 5.06. The first kappa shape index (κ1) is 15.7. The molecule has 0 bridgehead atoms. The predicted molar refractivity (Wildman–Crippen MR) is 67.9 cm³/mol. The van der Waals surface area contributed by atoms with Crippen LogP contribution in [0.5, 0.6) is 5.75 Å². The van der Waals surface area contributed by atoms with E-state index in [2.05, 4.69) is 0 Å². The molecule has 0 aliphatic rings. The number of hydrogen-bond donors (Lipinski definition) is 3. The zero-order valence-electron chi connectivity index (χ0n) is 10.5. The van der Waals surface area contributed by atoms with Crippen LogP contribution >= 0.6 is 0 Å². The van der Waals surface area contributed by atoms with E-state index >= 15 is 0 Å². The van der Waals surface area contributed by atoms with Gasteiger partial charge in [-0.1, -0.05) is 4.43 Å². The van der Waals surface area contributed by atoms with Crippen LogP contribution in [-0.4, -0.2) is 39.4 Å². The van der Waals surface area contributed by atoms with Gasteiger partial charge in [-0.2, -0.15) is 4.39 Å². The Hall–Kier alpha value is -1.36. The maximum absolute atomic E-state index is 13.9. The molecule has 0 aromatic heterocycles. The fraction of sp³-hybridized carbons (Fsp3) is 0.364. The van der Waals surface area contributed by atoms with Gasteiger partial charge < -0.3 is 21.3 Å². The van der Waals surface area contributed by atoms with Crippen LogP contribution in [0.15, 0.2) is 0 Å². The molecule has 1 atom stereocenters. The predicted octanol–water partition coefficient (Wildman–Crippen LogP) is -0.112. The van der Waals surface area contributed by atoms with E-state index in [1.807, 2.05) is 0 Å². The van der Waals surface area contributed by atoms with E-state index in [0.717, 1.165) is 0 Å². The van der Waals surface area contributed by atoms with Gasteiger partial charge in [0.15, 0.2) is 11.6 Å². The highest BCUT2D eigenvalue weighted by atomic mass is 27.1. The molecule has 103 valence electrons. The van der Waals surface area contributed by atoms with Gasteiger partial charge in [-0.3, -0.25) is 4.79 Å². The van der Waals surface area contributed by atoms with Crippen molar-refractivity contribution in [2.45, 2.75) is 18.2 Å². The van der Waals surface area contributed by atoms with Gasteiger partial charge in [-0.25, -0.2) is 4.39 Å². The Kier molecular flexibility index (Phi) is 5.12. The molecule has 1 aromatic carbocycles. The van der Waals surface area contributed by atoms with E-state index in [9.17, 15) is 13.6 Å². The van der Waals surface area contributed by atoms with Crippen LogP contribution < -0.4 is 20.6 Å². The Labute approximate surface area is 115 Å². The minimum absolute atomic E-state index is 0.0185. The number of anilines is 1. The van der Waals surface area contributed by atoms with Crippen molar-refractivity contribution in [1.29, 1.82) is 0 Å². The fourth-order valence-electron chi connectivity index (χ4n) is 1.75. The summed E-state index contributed by atoms with van der Waals surface area (Å²) in [6.45, 7) is 0. The molecule has 1 radical (unpaired) electrons. The molecule has 0 aliphatic heterocycles. The molecular formula is C11H14AlF2N2O3. The number of hydrogen-bond acceptors (Lipinski definition) is 4. The lowest BCUT2D eigenvalue weighted by molar-refractivity contribution is -0.138. The summed E-state index contributed by atoms with van der Waals surface area (Å²) in [6, 6.07) is -1.34. The molecule has 5 nitrogen and oxygen atoms in total. The fourth-order valence-corrected chi connectivity index (χ4v) is 2.74. The summed E-state index contributed by atoms with van der Waals surface area (Å²) in [5, 5.41) is 8.72. The van der Waals surface area contributed by atoms with Crippen molar-refractivity contribution in [3.05, 3.63) is 17.2 Å². The molecular weight excluding hydrogens is 273 g/mol. The molecule has 19 heavy (non-hydrogen) atoms. The Morgan fingerprint density at radius 3 is 2.47 bits per heavy atom. The van der Waals surface area contributed by atoms with Gasteiger partial charge in [0.1, 0.15) is 11.8 Å². The van der Waals surface area contributed by atoms with Crippen molar-refractivity contribution < 1.29 is 23.4 Å². The lowest BCUT2D eigenvalue weighted by atomic mass is 10.0. The Bertz CT molecular complexity index is 511. The number of nitrogens with two attached hydrogens (primary N) is 2. The van der Waals surface area contributed by atoms with E-state index in [-0.39, 0.29) is 23.4 Å². The van der Waals surface area contributed by atoms with Crippen LogP contribution in [0.4, 0.5) is 14.5 Å². The topological polar surface area (TPSA) is 98.6 Å². The van der Waals surface area contributed by atoms with Crippen LogP contribution in [-0.2, 0) is 11.2 Å².